The molecule has 176 valence electrons. The van der Waals surface area contributed by atoms with Gasteiger partial charge in [-0.1, -0.05) is 0 Å². The molecule has 1 rings (SSSR count). The number of primary amides is 1. The van der Waals surface area contributed by atoms with Crippen molar-refractivity contribution in [1.82, 2.24) is 15.5 Å². The Hall–Kier alpha value is -2.54. The minimum Gasteiger partial charge on any atom is -0.370 e. The van der Waals surface area contributed by atoms with Gasteiger partial charge in [0.05, 0.1) is 12.6 Å². The zero-order valence-corrected chi connectivity index (χ0v) is 18.7. The van der Waals surface area contributed by atoms with Gasteiger partial charge in [0.2, 0.25) is 23.6 Å². The first-order chi connectivity index (χ1) is 14.7. The fraction of sp³-hybridized carbons (Fsp3) is 0.722. The fourth-order valence-electron chi connectivity index (χ4n) is 3.22. The van der Waals surface area contributed by atoms with Gasteiger partial charge in [0.15, 0.2) is 5.96 Å². The molecule has 0 aromatic rings. The van der Waals surface area contributed by atoms with Crippen LogP contribution in [0.25, 0.3) is 0 Å². The molecule has 0 radical (unpaired) electrons. The molecule has 13 heteroatoms. The van der Waals surface area contributed by atoms with Crippen molar-refractivity contribution in [2.24, 2.45) is 27.9 Å². The number of hydrogen-bond acceptors (Lipinski definition) is 7. The molecule has 4 amide bonds. The fourth-order valence-corrected chi connectivity index (χ4v) is 3.71. The van der Waals surface area contributed by atoms with E-state index < -0.39 is 35.8 Å². The lowest BCUT2D eigenvalue weighted by atomic mass is 10.1. The van der Waals surface area contributed by atoms with Crippen LogP contribution >= 0.6 is 11.8 Å². The Balaban J connectivity index is 2.79. The van der Waals surface area contributed by atoms with E-state index in [2.05, 4.69) is 15.6 Å². The molecule has 0 unspecified atom stereocenters. The van der Waals surface area contributed by atoms with Crippen LogP contribution in [0.1, 0.15) is 32.1 Å². The van der Waals surface area contributed by atoms with E-state index in [1.807, 2.05) is 6.26 Å². The predicted molar refractivity (Wildman–Crippen MR) is 120 cm³/mol. The lowest BCUT2D eigenvalue weighted by Crippen LogP contribution is -2.55. The van der Waals surface area contributed by atoms with Crippen molar-refractivity contribution in [3.63, 3.8) is 0 Å². The third kappa shape index (κ3) is 9.42. The van der Waals surface area contributed by atoms with Gasteiger partial charge < -0.3 is 38.5 Å². The quantitative estimate of drug-likeness (QED) is 0.0960. The average Bonchev–Trinajstić information content (AvgIpc) is 3.21. The number of nitrogens with two attached hydrogens (primary N) is 4. The first-order valence-corrected chi connectivity index (χ1v) is 11.5. The second-order valence-corrected chi connectivity index (χ2v) is 8.26. The van der Waals surface area contributed by atoms with Crippen LogP contribution in [0, 0.1) is 0 Å². The van der Waals surface area contributed by atoms with Gasteiger partial charge in [-0.15, -0.1) is 0 Å². The van der Waals surface area contributed by atoms with E-state index in [-0.39, 0.29) is 31.4 Å². The van der Waals surface area contributed by atoms with Gasteiger partial charge in [-0.3, -0.25) is 24.2 Å². The van der Waals surface area contributed by atoms with E-state index in [4.69, 9.17) is 22.9 Å². The highest BCUT2D eigenvalue weighted by molar-refractivity contribution is 7.98. The van der Waals surface area contributed by atoms with Crippen LogP contribution in [0.15, 0.2) is 4.99 Å². The standard InChI is InChI=1S/C18H34N8O4S/c1-31-9-6-11(19)17(30)26-8-3-5-13(26)16(29)25-12(4-2-7-23-18(21)22)15(28)24-10-14(20)27/h11-13H,2-10,19H2,1H3,(H2,20,27)(H,24,28)(H,25,29)(H4,21,22,23)/t11-,12-,13-/m0/s1. The summed E-state index contributed by atoms with van der Waals surface area (Å²) in [6.07, 6.45) is 4.26. The summed E-state index contributed by atoms with van der Waals surface area (Å²) >= 11 is 1.59. The van der Waals surface area contributed by atoms with Crippen molar-refractivity contribution in [2.45, 2.75) is 50.2 Å². The SMILES string of the molecule is CSCC[C@H](N)C(=O)N1CCC[C@H]1C(=O)N[C@@H](CCCN=C(N)N)C(=O)NCC(N)=O. The molecule has 10 N–H and O–H groups in total. The molecule has 31 heavy (non-hydrogen) atoms. The second-order valence-electron chi connectivity index (χ2n) is 7.27. The Labute approximate surface area is 186 Å². The van der Waals surface area contributed by atoms with Crippen LogP contribution in [0.2, 0.25) is 0 Å². The first kappa shape index (κ1) is 26.5. The Kier molecular flexibility index (Phi) is 11.7. The molecule has 1 aliphatic heterocycles. The van der Waals surface area contributed by atoms with Gasteiger partial charge in [-0.2, -0.15) is 11.8 Å². The highest BCUT2D eigenvalue weighted by atomic mass is 32.2. The van der Waals surface area contributed by atoms with Crippen molar-refractivity contribution >= 4 is 41.4 Å². The van der Waals surface area contributed by atoms with Crippen molar-refractivity contribution in [2.75, 3.05) is 31.6 Å². The highest BCUT2D eigenvalue weighted by Crippen LogP contribution is 2.19. The molecule has 0 spiro atoms. The molecule has 12 nitrogen and oxygen atoms in total. The average molecular weight is 459 g/mol. The molecule has 0 saturated carbocycles. The smallest absolute Gasteiger partial charge is 0.243 e. The van der Waals surface area contributed by atoms with Gasteiger partial charge in [0, 0.05) is 13.1 Å². The van der Waals surface area contributed by atoms with E-state index in [9.17, 15) is 19.2 Å². The zero-order valence-electron chi connectivity index (χ0n) is 17.8. The van der Waals surface area contributed by atoms with Crippen molar-refractivity contribution in [3.8, 4) is 0 Å². The Morgan fingerprint density at radius 2 is 1.90 bits per heavy atom. The number of aliphatic imine (C=N–C) groups is 1. The van der Waals surface area contributed by atoms with Gasteiger partial charge in [-0.25, -0.2) is 0 Å². The maximum Gasteiger partial charge on any atom is 0.243 e. The summed E-state index contributed by atoms with van der Waals surface area (Å²) in [5, 5.41) is 5.07. The molecular formula is C18H34N8O4S. The molecule has 1 fully saturated rings. The molecule has 3 atom stereocenters. The number of rotatable bonds is 13. The summed E-state index contributed by atoms with van der Waals surface area (Å²) in [5.74, 6) is -1.29. The number of carbonyl (C=O) groups excluding carboxylic acids is 4. The Bertz CT molecular complexity index is 671. The van der Waals surface area contributed by atoms with Crippen LogP contribution < -0.4 is 33.6 Å². The predicted octanol–water partition coefficient (Wildman–Crippen LogP) is -2.80. The van der Waals surface area contributed by atoms with E-state index >= 15 is 0 Å². The summed E-state index contributed by atoms with van der Waals surface area (Å²) in [7, 11) is 0. The summed E-state index contributed by atoms with van der Waals surface area (Å²) < 4.78 is 0. The molecule has 0 aromatic carbocycles. The van der Waals surface area contributed by atoms with Gasteiger partial charge >= 0.3 is 0 Å². The topological polar surface area (TPSA) is 212 Å². The van der Waals surface area contributed by atoms with Crippen LogP contribution in [0.5, 0.6) is 0 Å². The lowest BCUT2D eigenvalue weighted by molar-refractivity contribution is -0.140. The van der Waals surface area contributed by atoms with E-state index in [0.29, 0.717) is 32.2 Å². The molecule has 1 aliphatic rings. The number of nitrogens with zero attached hydrogens (tertiary/aromatic N) is 2. The van der Waals surface area contributed by atoms with Crippen LogP contribution in [0.4, 0.5) is 0 Å². The number of amides is 4. The van der Waals surface area contributed by atoms with E-state index in [1.54, 1.807) is 11.8 Å². The number of guanidine groups is 1. The summed E-state index contributed by atoms with van der Waals surface area (Å²) in [6, 6.07) is -2.30. The second kappa shape index (κ2) is 13.7. The monoisotopic (exact) mass is 458 g/mol. The number of hydrogen-bond donors (Lipinski definition) is 6. The molecule has 0 bridgehead atoms. The third-order valence-electron chi connectivity index (χ3n) is 4.80. The maximum atomic E-state index is 12.9. The van der Waals surface area contributed by atoms with Crippen molar-refractivity contribution in [3.05, 3.63) is 0 Å². The molecular weight excluding hydrogens is 424 g/mol. The van der Waals surface area contributed by atoms with Crippen LogP contribution in [-0.2, 0) is 19.2 Å². The van der Waals surface area contributed by atoms with Gasteiger partial charge in [0.1, 0.15) is 12.1 Å². The molecule has 0 aromatic heterocycles. The van der Waals surface area contributed by atoms with Gasteiger partial charge in [-0.05, 0) is 44.1 Å². The van der Waals surface area contributed by atoms with Crippen molar-refractivity contribution in [1.29, 1.82) is 0 Å². The Morgan fingerprint density at radius 1 is 1.19 bits per heavy atom. The van der Waals surface area contributed by atoms with Crippen molar-refractivity contribution < 1.29 is 19.2 Å². The van der Waals surface area contributed by atoms with Gasteiger partial charge in [0.25, 0.3) is 0 Å². The van der Waals surface area contributed by atoms with E-state index in [0.717, 1.165) is 5.75 Å². The first-order valence-electron chi connectivity index (χ1n) is 10.1. The largest absolute Gasteiger partial charge is 0.370 e. The number of thioether (sulfide) groups is 1. The summed E-state index contributed by atoms with van der Waals surface area (Å²) in [4.78, 5) is 54.3. The summed E-state index contributed by atoms with van der Waals surface area (Å²) in [5.41, 5.74) is 21.6. The zero-order chi connectivity index (χ0) is 23.4. The van der Waals surface area contributed by atoms with Crippen LogP contribution in [0.3, 0.4) is 0 Å². The summed E-state index contributed by atoms with van der Waals surface area (Å²) in [6.45, 7) is 0.362. The van der Waals surface area contributed by atoms with Crippen LogP contribution in [-0.4, -0.2) is 84.3 Å². The number of nitrogens with one attached hydrogen (secondary N) is 2. The minimum absolute atomic E-state index is 0.0725. The van der Waals surface area contributed by atoms with E-state index in [1.165, 1.54) is 4.90 Å². The lowest BCUT2D eigenvalue weighted by Gasteiger charge is -2.28. The Morgan fingerprint density at radius 3 is 2.52 bits per heavy atom. The number of likely N-dealkylation sites (tertiary alicyclic amines) is 1. The third-order valence-corrected chi connectivity index (χ3v) is 5.45. The molecule has 0 aliphatic carbocycles. The molecule has 1 heterocycles. The number of carbonyl (C=O) groups is 4. The highest BCUT2D eigenvalue weighted by Gasteiger charge is 2.37. The normalized spacial score (nSPS) is 17.5. The maximum absolute atomic E-state index is 12.9. The minimum atomic E-state index is -0.927. The molecule has 1 saturated heterocycles.